The lowest BCUT2D eigenvalue weighted by atomic mass is 10.1. The highest BCUT2D eigenvalue weighted by Gasteiger charge is 2.15. The Balaban J connectivity index is 1.38. The summed E-state index contributed by atoms with van der Waals surface area (Å²) < 4.78 is 19.1. The van der Waals surface area contributed by atoms with Gasteiger partial charge in [-0.15, -0.1) is 0 Å². The number of ether oxygens (including phenoxy) is 3. The largest absolute Gasteiger partial charge is 0.494 e. The minimum absolute atomic E-state index is 0.562. The number of aromatic nitrogens is 3. The Morgan fingerprint density at radius 2 is 1.88 bits per heavy atom. The molecule has 164 valence electrons. The summed E-state index contributed by atoms with van der Waals surface area (Å²) in [5, 5.41) is 7.93. The summed E-state index contributed by atoms with van der Waals surface area (Å²) in [4.78, 5) is 4.74. The lowest BCUT2D eigenvalue weighted by Crippen LogP contribution is -2.15. The van der Waals surface area contributed by atoms with E-state index in [0.717, 1.165) is 58.5 Å². The smallest absolute Gasteiger partial charge is 0.162 e. The molecule has 0 unspecified atom stereocenters. The third-order valence-corrected chi connectivity index (χ3v) is 5.34. The van der Waals surface area contributed by atoms with E-state index >= 15 is 0 Å². The Hall–Kier alpha value is -3.58. The van der Waals surface area contributed by atoms with Gasteiger partial charge in [0.15, 0.2) is 23.0 Å². The van der Waals surface area contributed by atoms with Crippen molar-refractivity contribution in [3.05, 3.63) is 72.1 Å². The number of nitrogens with one attached hydrogen (secondary N) is 1. The Morgan fingerprint density at radius 3 is 2.78 bits per heavy atom. The lowest BCUT2D eigenvalue weighted by molar-refractivity contribution is 0.171. The van der Waals surface area contributed by atoms with Gasteiger partial charge in [-0.3, -0.25) is 0 Å². The Bertz CT molecular complexity index is 1220. The van der Waals surface area contributed by atoms with Gasteiger partial charge in [-0.1, -0.05) is 18.2 Å². The summed E-state index contributed by atoms with van der Waals surface area (Å²) in [6.45, 7) is 2.77. The van der Waals surface area contributed by atoms with Crippen LogP contribution < -0.4 is 19.5 Å². The zero-order valence-electron chi connectivity index (χ0n) is 18.1. The van der Waals surface area contributed by atoms with E-state index in [1.807, 2.05) is 60.1 Å². The number of rotatable bonds is 8. The molecule has 0 spiro atoms. The summed E-state index contributed by atoms with van der Waals surface area (Å²) in [5.41, 5.74) is 3.90. The van der Waals surface area contributed by atoms with Crippen LogP contribution in [0.2, 0.25) is 0 Å². The SMILES string of the molecule is CNCCCOc1cccc(Cc2nc3cccc(-c4ccc5c(c4)OCCO5)n3n2)c1. The minimum atomic E-state index is 0.562. The van der Waals surface area contributed by atoms with Crippen molar-refractivity contribution in [1.29, 1.82) is 0 Å². The molecule has 0 saturated heterocycles. The van der Waals surface area contributed by atoms with Gasteiger partial charge < -0.3 is 19.5 Å². The van der Waals surface area contributed by atoms with Crippen LogP contribution in [0.1, 0.15) is 17.8 Å². The van der Waals surface area contributed by atoms with Crippen LogP contribution in [0, 0.1) is 0 Å². The number of pyridine rings is 1. The first kappa shape index (κ1) is 20.3. The maximum Gasteiger partial charge on any atom is 0.162 e. The molecule has 7 nitrogen and oxygen atoms in total. The van der Waals surface area contributed by atoms with Gasteiger partial charge in [0.2, 0.25) is 0 Å². The molecule has 0 radical (unpaired) electrons. The number of nitrogens with zero attached hydrogens (tertiary/aromatic N) is 3. The van der Waals surface area contributed by atoms with Gasteiger partial charge in [0.05, 0.1) is 12.3 Å². The van der Waals surface area contributed by atoms with E-state index in [4.69, 9.17) is 24.3 Å². The Labute approximate surface area is 187 Å². The van der Waals surface area contributed by atoms with Crippen molar-refractivity contribution >= 4 is 5.65 Å². The molecule has 0 fully saturated rings. The van der Waals surface area contributed by atoms with Gasteiger partial charge in [0.25, 0.3) is 0 Å². The van der Waals surface area contributed by atoms with Crippen molar-refractivity contribution in [3.63, 3.8) is 0 Å². The van der Waals surface area contributed by atoms with Gasteiger partial charge in [-0.25, -0.2) is 9.50 Å². The predicted molar refractivity (Wildman–Crippen MR) is 123 cm³/mol. The highest BCUT2D eigenvalue weighted by atomic mass is 16.6. The third-order valence-electron chi connectivity index (χ3n) is 5.34. The molecule has 5 rings (SSSR count). The fraction of sp³-hybridized carbons (Fsp3) is 0.280. The first-order valence-electron chi connectivity index (χ1n) is 10.9. The van der Waals surface area contributed by atoms with Crippen LogP contribution in [0.15, 0.2) is 60.7 Å². The number of benzene rings is 2. The van der Waals surface area contributed by atoms with Crippen LogP contribution in [0.25, 0.3) is 16.9 Å². The number of hydrogen-bond acceptors (Lipinski definition) is 6. The number of fused-ring (bicyclic) bond motifs is 2. The van der Waals surface area contributed by atoms with Crippen molar-refractivity contribution in [3.8, 4) is 28.5 Å². The van der Waals surface area contributed by atoms with Crippen LogP contribution in [-0.4, -0.2) is 48.0 Å². The highest BCUT2D eigenvalue weighted by molar-refractivity contribution is 5.66. The molecule has 2 aromatic carbocycles. The lowest BCUT2D eigenvalue weighted by Gasteiger charge is -2.19. The molecule has 0 bridgehead atoms. The Morgan fingerprint density at radius 1 is 1.00 bits per heavy atom. The van der Waals surface area contributed by atoms with Gasteiger partial charge in [-0.05, 0) is 68.0 Å². The van der Waals surface area contributed by atoms with Crippen LogP contribution in [0.5, 0.6) is 17.2 Å². The molecule has 4 aromatic rings. The standard InChI is InChI=1S/C25H26N4O3/c1-26-11-4-12-30-20-6-2-5-18(15-20)16-24-27-25-8-3-7-21(29(25)28-24)19-9-10-22-23(17-19)32-14-13-31-22/h2-3,5-10,15,17,26H,4,11-14,16H2,1H3. The van der Waals surface area contributed by atoms with Crippen molar-refractivity contribution in [2.24, 2.45) is 0 Å². The molecule has 1 aliphatic rings. The quantitative estimate of drug-likeness (QED) is 0.430. The summed E-state index contributed by atoms with van der Waals surface area (Å²) in [6.07, 6.45) is 1.60. The molecular formula is C25H26N4O3. The normalized spacial score (nSPS) is 12.8. The van der Waals surface area contributed by atoms with Gasteiger partial charge in [0.1, 0.15) is 19.0 Å². The second-order valence-corrected chi connectivity index (χ2v) is 7.70. The third kappa shape index (κ3) is 4.38. The summed E-state index contributed by atoms with van der Waals surface area (Å²) in [7, 11) is 1.95. The summed E-state index contributed by atoms with van der Waals surface area (Å²) in [6, 6.07) is 20.1. The second kappa shape index (κ2) is 9.28. The zero-order chi connectivity index (χ0) is 21.8. The van der Waals surface area contributed by atoms with Crippen molar-refractivity contribution in [1.82, 2.24) is 19.9 Å². The highest BCUT2D eigenvalue weighted by Crippen LogP contribution is 2.34. The molecule has 32 heavy (non-hydrogen) atoms. The molecule has 0 atom stereocenters. The van der Waals surface area contributed by atoms with Gasteiger partial charge in [0, 0.05) is 12.0 Å². The minimum Gasteiger partial charge on any atom is -0.494 e. The molecule has 7 heteroatoms. The summed E-state index contributed by atoms with van der Waals surface area (Å²) in [5.74, 6) is 3.18. The summed E-state index contributed by atoms with van der Waals surface area (Å²) >= 11 is 0. The van der Waals surface area contributed by atoms with Gasteiger partial charge in [-0.2, -0.15) is 5.10 Å². The first-order chi connectivity index (χ1) is 15.8. The van der Waals surface area contributed by atoms with E-state index in [2.05, 4.69) is 17.4 Å². The molecule has 3 heterocycles. The van der Waals surface area contributed by atoms with Crippen molar-refractivity contribution in [2.45, 2.75) is 12.8 Å². The second-order valence-electron chi connectivity index (χ2n) is 7.70. The van der Waals surface area contributed by atoms with Crippen LogP contribution in [0.3, 0.4) is 0 Å². The molecule has 1 N–H and O–H groups in total. The van der Waals surface area contributed by atoms with Gasteiger partial charge >= 0.3 is 0 Å². The average Bonchev–Trinajstić information content (AvgIpc) is 3.24. The fourth-order valence-corrected chi connectivity index (χ4v) is 3.81. The molecule has 0 aliphatic carbocycles. The monoisotopic (exact) mass is 430 g/mol. The maximum absolute atomic E-state index is 5.86. The predicted octanol–water partition coefficient (Wildman–Crippen LogP) is 3.75. The fourth-order valence-electron chi connectivity index (χ4n) is 3.81. The van der Waals surface area contributed by atoms with Crippen LogP contribution in [-0.2, 0) is 6.42 Å². The maximum atomic E-state index is 5.86. The molecule has 0 amide bonds. The molecule has 1 aliphatic heterocycles. The van der Waals surface area contributed by atoms with E-state index < -0.39 is 0 Å². The van der Waals surface area contributed by atoms with E-state index in [-0.39, 0.29) is 0 Å². The van der Waals surface area contributed by atoms with Crippen molar-refractivity contribution in [2.75, 3.05) is 33.4 Å². The van der Waals surface area contributed by atoms with E-state index in [1.165, 1.54) is 0 Å². The van der Waals surface area contributed by atoms with Crippen LogP contribution >= 0.6 is 0 Å². The first-order valence-corrected chi connectivity index (χ1v) is 10.9. The van der Waals surface area contributed by atoms with E-state index in [0.29, 0.717) is 26.2 Å². The van der Waals surface area contributed by atoms with E-state index in [1.54, 1.807) is 0 Å². The Kier molecular flexibility index (Phi) is 5.89. The molecular weight excluding hydrogens is 404 g/mol. The molecule has 0 saturated carbocycles. The van der Waals surface area contributed by atoms with Crippen LogP contribution in [0.4, 0.5) is 0 Å². The topological polar surface area (TPSA) is 69.9 Å². The molecule has 2 aromatic heterocycles. The zero-order valence-corrected chi connectivity index (χ0v) is 18.1. The average molecular weight is 431 g/mol. The van der Waals surface area contributed by atoms with Crippen molar-refractivity contribution < 1.29 is 14.2 Å². The van der Waals surface area contributed by atoms with E-state index in [9.17, 15) is 0 Å². The number of hydrogen-bond donors (Lipinski definition) is 1.